The smallest absolute Gasteiger partial charge is 0.181 e. The van der Waals surface area contributed by atoms with Crippen molar-refractivity contribution >= 4 is 11.1 Å². The molecule has 0 aliphatic carbocycles. The van der Waals surface area contributed by atoms with Crippen LogP contribution in [0.25, 0.3) is 11.1 Å². The molecule has 2 heterocycles. The Morgan fingerprint density at radius 3 is 3.00 bits per heavy atom. The van der Waals surface area contributed by atoms with Crippen molar-refractivity contribution in [1.29, 1.82) is 0 Å². The molecule has 0 unspecified atom stereocenters. The highest BCUT2D eigenvalue weighted by Gasteiger charge is 2.14. The average Bonchev–Trinajstić information content (AvgIpc) is 2.77. The summed E-state index contributed by atoms with van der Waals surface area (Å²) in [6.07, 6.45) is 4.99. The third-order valence-corrected chi connectivity index (χ3v) is 3.26. The van der Waals surface area contributed by atoms with E-state index < -0.39 is 0 Å². The monoisotopic (exact) mass is 217 g/mol. The first-order valence-corrected chi connectivity index (χ1v) is 5.82. The first kappa shape index (κ1) is 9.85. The highest BCUT2D eigenvalue weighted by molar-refractivity contribution is 5.72. The van der Waals surface area contributed by atoms with Crippen LogP contribution in [-0.4, -0.2) is 18.2 Å². The minimum absolute atomic E-state index is 0.762. The second-order valence-corrected chi connectivity index (χ2v) is 4.41. The zero-order valence-corrected chi connectivity index (χ0v) is 9.19. The van der Waals surface area contributed by atoms with Gasteiger partial charge in [0.05, 0.1) is 0 Å². The normalized spacial score (nSPS) is 18.0. The molecule has 1 fully saturated rings. The van der Waals surface area contributed by atoms with Crippen molar-refractivity contribution in [3.05, 3.63) is 30.2 Å². The standard InChI is InChI=1S/C13H15NO2/c1-2-13-12(14-9-16-13)8-11(1)7-10-3-5-15-6-4-10/h1-2,8-10H,3-7H2. The first-order valence-electron chi connectivity index (χ1n) is 5.82. The van der Waals surface area contributed by atoms with Crippen molar-refractivity contribution in [2.45, 2.75) is 19.3 Å². The van der Waals surface area contributed by atoms with Gasteiger partial charge < -0.3 is 9.15 Å². The van der Waals surface area contributed by atoms with Crippen LogP contribution in [0.2, 0.25) is 0 Å². The Labute approximate surface area is 94.4 Å². The van der Waals surface area contributed by atoms with Crippen LogP contribution in [0.3, 0.4) is 0 Å². The first-order chi connectivity index (χ1) is 7.92. The maximum absolute atomic E-state index is 5.37. The molecule has 0 saturated carbocycles. The number of rotatable bonds is 2. The Balaban J connectivity index is 1.77. The summed E-state index contributed by atoms with van der Waals surface area (Å²) < 4.78 is 10.6. The van der Waals surface area contributed by atoms with Crippen LogP contribution in [-0.2, 0) is 11.2 Å². The van der Waals surface area contributed by atoms with E-state index in [1.165, 1.54) is 24.8 Å². The van der Waals surface area contributed by atoms with Crippen molar-refractivity contribution < 1.29 is 9.15 Å². The summed E-state index contributed by atoms with van der Waals surface area (Å²) in [6, 6.07) is 6.29. The van der Waals surface area contributed by atoms with E-state index in [2.05, 4.69) is 17.1 Å². The summed E-state index contributed by atoms with van der Waals surface area (Å²) in [5.41, 5.74) is 3.19. The summed E-state index contributed by atoms with van der Waals surface area (Å²) >= 11 is 0. The van der Waals surface area contributed by atoms with Gasteiger partial charge in [0.1, 0.15) is 5.52 Å². The molecular weight excluding hydrogens is 202 g/mol. The molecule has 0 amide bonds. The van der Waals surface area contributed by atoms with Gasteiger partial charge in [0, 0.05) is 13.2 Å². The van der Waals surface area contributed by atoms with E-state index in [0.29, 0.717) is 0 Å². The van der Waals surface area contributed by atoms with Gasteiger partial charge in [-0.2, -0.15) is 0 Å². The molecule has 1 aliphatic rings. The Morgan fingerprint density at radius 1 is 1.25 bits per heavy atom. The molecule has 16 heavy (non-hydrogen) atoms. The second kappa shape index (κ2) is 4.26. The van der Waals surface area contributed by atoms with E-state index in [0.717, 1.165) is 36.7 Å². The molecule has 1 aromatic heterocycles. The van der Waals surface area contributed by atoms with Gasteiger partial charge in [-0.05, 0) is 42.9 Å². The second-order valence-electron chi connectivity index (χ2n) is 4.41. The molecule has 0 spiro atoms. The Kier molecular flexibility index (Phi) is 2.62. The van der Waals surface area contributed by atoms with Crippen LogP contribution < -0.4 is 0 Å². The zero-order chi connectivity index (χ0) is 10.8. The number of hydrogen-bond donors (Lipinski definition) is 0. The lowest BCUT2D eigenvalue weighted by molar-refractivity contribution is 0.0665. The average molecular weight is 217 g/mol. The SMILES string of the molecule is c1nc2cc(CC3CCOCC3)ccc2o1. The summed E-state index contributed by atoms with van der Waals surface area (Å²) in [6.45, 7) is 1.83. The summed E-state index contributed by atoms with van der Waals surface area (Å²) in [5, 5.41) is 0. The molecule has 2 aromatic rings. The van der Waals surface area contributed by atoms with E-state index >= 15 is 0 Å². The Bertz CT molecular complexity index is 471. The lowest BCUT2D eigenvalue weighted by Crippen LogP contribution is -2.17. The molecule has 1 saturated heterocycles. The number of fused-ring (bicyclic) bond motifs is 1. The largest absolute Gasteiger partial charge is 0.443 e. The maximum Gasteiger partial charge on any atom is 0.181 e. The molecule has 3 heteroatoms. The van der Waals surface area contributed by atoms with Crippen LogP contribution in [0, 0.1) is 5.92 Å². The molecule has 0 atom stereocenters. The number of benzene rings is 1. The van der Waals surface area contributed by atoms with Crippen LogP contribution in [0.4, 0.5) is 0 Å². The van der Waals surface area contributed by atoms with Crippen molar-refractivity contribution in [1.82, 2.24) is 4.98 Å². The minimum Gasteiger partial charge on any atom is -0.443 e. The van der Waals surface area contributed by atoms with Gasteiger partial charge in [0.15, 0.2) is 12.0 Å². The summed E-state index contributed by atoms with van der Waals surface area (Å²) in [5.74, 6) is 0.762. The Hall–Kier alpha value is -1.35. The molecule has 1 aromatic carbocycles. The van der Waals surface area contributed by atoms with E-state index in [9.17, 15) is 0 Å². The quantitative estimate of drug-likeness (QED) is 0.775. The Morgan fingerprint density at radius 2 is 2.12 bits per heavy atom. The van der Waals surface area contributed by atoms with Crippen molar-refractivity contribution in [2.75, 3.05) is 13.2 Å². The third-order valence-electron chi connectivity index (χ3n) is 3.26. The zero-order valence-electron chi connectivity index (χ0n) is 9.19. The molecule has 1 aliphatic heterocycles. The molecule has 0 N–H and O–H groups in total. The number of oxazole rings is 1. The fraction of sp³-hybridized carbons (Fsp3) is 0.462. The predicted octanol–water partition coefficient (Wildman–Crippen LogP) is 2.80. The molecule has 84 valence electrons. The minimum atomic E-state index is 0.762. The van der Waals surface area contributed by atoms with Crippen LogP contribution >= 0.6 is 0 Å². The van der Waals surface area contributed by atoms with E-state index in [1.54, 1.807) is 0 Å². The fourth-order valence-corrected chi connectivity index (χ4v) is 2.31. The molecule has 3 nitrogen and oxygen atoms in total. The number of nitrogens with zero attached hydrogens (tertiary/aromatic N) is 1. The van der Waals surface area contributed by atoms with Crippen molar-refractivity contribution in [3.63, 3.8) is 0 Å². The maximum atomic E-state index is 5.37. The topological polar surface area (TPSA) is 35.3 Å². The van der Waals surface area contributed by atoms with Crippen LogP contribution in [0.15, 0.2) is 29.0 Å². The highest BCUT2D eigenvalue weighted by atomic mass is 16.5. The third kappa shape index (κ3) is 1.95. The number of aromatic nitrogens is 1. The predicted molar refractivity (Wildman–Crippen MR) is 61.3 cm³/mol. The van der Waals surface area contributed by atoms with E-state index in [-0.39, 0.29) is 0 Å². The fourth-order valence-electron chi connectivity index (χ4n) is 2.31. The van der Waals surface area contributed by atoms with Gasteiger partial charge in [-0.15, -0.1) is 0 Å². The molecule has 0 bridgehead atoms. The lowest BCUT2D eigenvalue weighted by atomic mass is 9.92. The van der Waals surface area contributed by atoms with Crippen LogP contribution in [0.5, 0.6) is 0 Å². The van der Waals surface area contributed by atoms with Gasteiger partial charge in [0.25, 0.3) is 0 Å². The van der Waals surface area contributed by atoms with Gasteiger partial charge in [-0.1, -0.05) is 6.07 Å². The van der Waals surface area contributed by atoms with Gasteiger partial charge in [0.2, 0.25) is 0 Å². The van der Waals surface area contributed by atoms with E-state index in [4.69, 9.17) is 9.15 Å². The van der Waals surface area contributed by atoms with Crippen molar-refractivity contribution in [3.8, 4) is 0 Å². The number of hydrogen-bond acceptors (Lipinski definition) is 3. The molecule has 3 rings (SSSR count). The molecular formula is C13H15NO2. The number of ether oxygens (including phenoxy) is 1. The van der Waals surface area contributed by atoms with Gasteiger partial charge >= 0.3 is 0 Å². The highest BCUT2D eigenvalue weighted by Crippen LogP contribution is 2.22. The van der Waals surface area contributed by atoms with Gasteiger partial charge in [-0.25, -0.2) is 4.98 Å². The van der Waals surface area contributed by atoms with Crippen molar-refractivity contribution in [2.24, 2.45) is 5.92 Å². The summed E-state index contributed by atoms with van der Waals surface area (Å²) in [7, 11) is 0. The summed E-state index contributed by atoms with van der Waals surface area (Å²) in [4.78, 5) is 4.18. The van der Waals surface area contributed by atoms with E-state index in [1.807, 2.05) is 6.07 Å². The molecule has 0 radical (unpaired) electrons. The van der Waals surface area contributed by atoms with Gasteiger partial charge in [-0.3, -0.25) is 0 Å². The lowest BCUT2D eigenvalue weighted by Gasteiger charge is -2.21. The van der Waals surface area contributed by atoms with Crippen LogP contribution in [0.1, 0.15) is 18.4 Å².